The van der Waals surface area contributed by atoms with Crippen molar-refractivity contribution in [3.8, 4) is 11.4 Å². The van der Waals surface area contributed by atoms with Gasteiger partial charge in [-0.05, 0) is 79.6 Å². The quantitative estimate of drug-likeness (QED) is 0.676. The van der Waals surface area contributed by atoms with Crippen LogP contribution in [-0.4, -0.2) is 27.3 Å². The minimum atomic E-state index is -0.345. The Kier molecular flexibility index (Phi) is 5.26. The summed E-state index contributed by atoms with van der Waals surface area (Å²) < 4.78 is 7.51. The molecule has 1 aliphatic rings. The van der Waals surface area contributed by atoms with Crippen LogP contribution < -0.4 is 10.1 Å². The molecule has 1 N–H and O–H groups in total. The molecule has 0 bridgehead atoms. The minimum absolute atomic E-state index is 0.345. The van der Waals surface area contributed by atoms with Crippen LogP contribution in [0.25, 0.3) is 5.69 Å². The van der Waals surface area contributed by atoms with E-state index in [-0.39, 0.29) is 5.54 Å². The fourth-order valence-corrected chi connectivity index (χ4v) is 4.36. The van der Waals surface area contributed by atoms with Gasteiger partial charge in [-0.2, -0.15) is 4.68 Å². The number of benzene rings is 2. The van der Waals surface area contributed by atoms with Crippen LogP contribution in [0.5, 0.6) is 5.75 Å². The summed E-state index contributed by atoms with van der Waals surface area (Å²) in [7, 11) is 1.70. The molecule has 0 radical (unpaired) electrons. The maximum Gasteiger partial charge on any atom is 0.181 e. The minimum Gasteiger partial charge on any atom is -0.495 e. The molecule has 1 aromatic heterocycles. The maximum absolute atomic E-state index is 5.60. The van der Waals surface area contributed by atoms with E-state index in [1.54, 1.807) is 7.11 Å². The standard InChI is InChI=1S/C23H29N5O/c1-16-11-13-23(14-12-16,24-19-7-5-6-8-21(19)29-4)22-25-26-27-28(22)20-10-9-17(2)15-18(20)3/h5-10,15-16,24H,11-14H2,1-4H3. The molecular formula is C23H29N5O. The first kappa shape index (κ1) is 19.4. The number of aryl methyl sites for hydroxylation is 2. The molecule has 1 fully saturated rings. The predicted octanol–water partition coefficient (Wildman–Crippen LogP) is 4.81. The Labute approximate surface area is 172 Å². The molecule has 1 saturated carbocycles. The number of ether oxygens (including phenoxy) is 1. The summed E-state index contributed by atoms with van der Waals surface area (Å²) in [6.45, 7) is 6.53. The fraction of sp³-hybridized carbons (Fsp3) is 0.435. The molecule has 6 heteroatoms. The highest BCUT2D eigenvalue weighted by atomic mass is 16.5. The highest BCUT2D eigenvalue weighted by molar-refractivity contribution is 5.58. The number of nitrogens with one attached hydrogen (secondary N) is 1. The molecule has 3 aromatic rings. The molecule has 4 rings (SSSR count). The largest absolute Gasteiger partial charge is 0.495 e. The lowest BCUT2D eigenvalue weighted by Crippen LogP contribution is -2.41. The molecule has 6 nitrogen and oxygen atoms in total. The Hall–Kier alpha value is -2.89. The molecule has 0 saturated heterocycles. The highest BCUT2D eigenvalue weighted by Gasteiger charge is 2.41. The van der Waals surface area contributed by atoms with Gasteiger partial charge in [-0.1, -0.05) is 36.8 Å². The summed E-state index contributed by atoms with van der Waals surface area (Å²) >= 11 is 0. The van der Waals surface area contributed by atoms with Gasteiger partial charge in [0.2, 0.25) is 0 Å². The molecule has 152 valence electrons. The molecule has 29 heavy (non-hydrogen) atoms. The van der Waals surface area contributed by atoms with E-state index in [1.165, 1.54) is 5.56 Å². The Morgan fingerprint density at radius 3 is 2.59 bits per heavy atom. The van der Waals surface area contributed by atoms with E-state index in [4.69, 9.17) is 4.74 Å². The van der Waals surface area contributed by atoms with E-state index in [0.29, 0.717) is 5.92 Å². The van der Waals surface area contributed by atoms with Gasteiger partial charge < -0.3 is 10.1 Å². The third-order valence-electron chi connectivity index (χ3n) is 6.09. The van der Waals surface area contributed by atoms with E-state index < -0.39 is 0 Å². The van der Waals surface area contributed by atoms with Crippen LogP contribution in [0, 0.1) is 19.8 Å². The third kappa shape index (κ3) is 3.71. The van der Waals surface area contributed by atoms with Gasteiger partial charge in [0.05, 0.1) is 24.0 Å². The van der Waals surface area contributed by atoms with E-state index in [9.17, 15) is 0 Å². The van der Waals surface area contributed by atoms with Crippen molar-refractivity contribution >= 4 is 5.69 Å². The van der Waals surface area contributed by atoms with E-state index in [0.717, 1.165) is 54.2 Å². The zero-order chi connectivity index (χ0) is 20.4. The Bertz CT molecular complexity index is 988. The number of rotatable bonds is 5. The summed E-state index contributed by atoms with van der Waals surface area (Å²) in [5, 5.41) is 16.8. The Balaban J connectivity index is 1.80. The lowest BCUT2D eigenvalue weighted by molar-refractivity contribution is 0.254. The topological polar surface area (TPSA) is 64.9 Å². The third-order valence-corrected chi connectivity index (χ3v) is 6.09. The summed E-state index contributed by atoms with van der Waals surface area (Å²) in [6.07, 6.45) is 4.19. The van der Waals surface area contributed by atoms with Crippen LogP contribution in [0.15, 0.2) is 42.5 Å². The molecule has 1 aliphatic carbocycles. The Morgan fingerprint density at radius 2 is 1.86 bits per heavy atom. The predicted molar refractivity (Wildman–Crippen MR) is 115 cm³/mol. The molecule has 0 spiro atoms. The van der Waals surface area contributed by atoms with Crippen molar-refractivity contribution in [2.24, 2.45) is 5.92 Å². The molecule has 1 heterocycles. The van der Waals surface area contributed by atoms with Crippen molar-refractivity contribution in [1.82, 2.24) is 20.2 Å². The molecular weight excluding hydrogens is 362 g/mol. The summed E-state index contributed by atoms with van der Waals surface area (Å²) in [5.41, 5.74) is 4.04. The normalized spacial score (nSPS) is 21.7. The van der Waals surface area contributed by atoms with Crippen LogP contribution >= 0.6 is 0 Å². The van der Waals surface area contributed by atoms with Crippen LogP contribution in [-0.2, 0) is 5.54 Å². The second kappa shape index (κ2) is 7.85. The summed E-state index contributed by atoms with van der Waals surface area (Å²) in [4.78, 5) is 0. The van der Waals surface area contributed by atoms with Gasteiger partial charge in [-0.25, -0.2) is 0 Å². The first-order valence-electron chi connectivity index (χ1n) is 10.3. The van der Waals surface area contributed by atoms with Crippen molar-refractivity contribution in [2.75, 3.05) is 12.4 Å². The molecule has 2 aromatic carbocycles. The SMILES string of the molecule is COc1ccccc1NC1(c2nnnn2-c2ccc(C)cc2C)CCC(C)CC1. The van der Waals surface area contributed by atoms with E-state index in [1.807, 2.05) is 22.9 Å². The number of nitrogens with zero attached hydrogens (tertiary/aromatic N) is 4. The van der Waals surface area contributed by atoms with Gasteiger partial charge in [-0.3, -0.25) is 0 Å². The van der Waals surface area contributed by atoms with Crippen molar-refractivity contribution in [3.05, 3.63) is 59.4 Å². The maximum atomic E-state index is 5.60. The second-order valence-corrected chi connectivity index (χ2v) is 8.29. The van der Waals surface area contributed by atoms with Gasteiger partial charge >= 0.3 is 0 Å². The zero-order valence-electron chi connectivity index (χ0n) is 17.6. The Morgan fingerprint density at radius 1 is 1.10 bits per heavy atom. The van der Waals surface area contributed by atoms with E-state index in [2.05, 4.69) is 65.9 Å². The lowest BCUT2D eigenvalue weighted by Gasteiger charge is -2.40. The van der Waals surface area contributed by atoms with Crippen LogP contribution in [0.3, 0.4) is 0 Å². The van der Waals surface area contributed by atoms with E-state index >= 15 is 0 Å². The van der Waals surface area contributed by atoms with Gasteiger partial charge in [0, 0.05) is 0 Å². The first-order valence-corrected chi connectivity index (χ1v) is 10.3. The molecule has 0 unspecified atom stereocenters. The number of hydrogen-bond acceptors (Lipinski definition) is 5. The van der Waals surface area contributed by atoms with Gasteiger partial charge in [0.15, 0.2) is 5.82 Å². The monoisotopic (exact) mass is 391 g/mol. The van der Waals surface area contributed by atoms with Crippen LogP contribution in [0.1, 0.15) is 49.6 Å². The van der Waals surface area contributed by atoms with Crippen molar-refractivity contribution in [2.45, 2.75) is 52.0 Å². The summed E-state index contributed by atoms with van der Waals surface area (Å²) in [5.74, 6) is 2.39. The van der Waals surface area contributed by atoms with Crippen molar-refractivity contribution < 1.29 is 4.74 Å². The number of methoxy groups -OCH3 is 1. The van der Waals surface area contributed by atoms with Crippen molar-refractivity contribution in [3.63, 3.8) is 0 Å². The number of anilines is 1. The lowest BCUT2D eigenvalue weighted by atomic mass is 9.76. The molecule has 0 amide bonds. The van der Waals surface area contributed by atoms with Crippen molar-refractivity contribution in [1.29, 1.82) is 0 Å². The number of hydrogen-bond donors (Lipinski definition) is 1. The van der Waals surface area contributed by atoms with Gasteiger partial charge in [-0.15, -0.1) is 5.10 Å². The molecule has 0 atom stereocenters. The number of para-hydroxylation sites is 2. The summed E-state index contributed by atoms with van der Waals surface area (Å²) in [6, 6.07) is 14.4. The number of aromatic nitrogens is 4. The average molecular weight is 392 g/mol. The molecule has 0 aliphatic heterocycles. The van der Waals surface area contributed by atoms with Crippen LogP contribution in [0.2, 0.25) is 0 Å². The van der Waals surface area contributed by atoms with Gasteiger partial charge in [0.25, 0.3) is 0 Å². The zero-order valence-corrected chi connectivity index (χ0v) is 17.6. The number of tetrazole rings is 1. The average Bonchev–Trinajstić information content (AvgIpc) is 3.20. The smallest absolute Gasteiger partial charge is 0.181 e. The second-order valence-electron chi connectivity index (χ2n) is 8.29. The first-order chi connectivity index (χ1) is 14.0. The fourth-order valence-electron chi connectivity index (χ4n) is 4.36. The highest BCUT2D eigenvalue weighted by Crippen LogP contribution is 2.43. The van der Waals surface area contributed by atoms with Gasteiger partial charge in [0.1, 0.15) is 5.75 Å². The van der Waals surface area contributed by atoms with Crippen LogP contribution in [0.4, 0.5) is 5.69 Å².